The van der Waals surface area contributed by atoms with Gasteiger partial charge < -0.3 is 24.7 Å². The summed E-state index contributed by atoms with van der Waals surface area (Å²) < 4.78 is 4.49. The van der Waals surface area contributed by atoms with E-state index in [1.807, 2.05) is 36.4 Å². The Bertz CT molecular complexity index is 217. The average Bonchev–Trinajstić information content (AvgIpc) is 2.15. The van der Waals surface area contributed by atoms with Crippen molar-refractivity contribution in [3.8, 4) is 0 Å². The molecule has 18 heavy (non-hydrogen) atoms. The third kappa shape index (κ3) is 19.4. The fourth-order valence-corrected chi connectivity index (χ4v) is 1.67. The summed E-state index contributed by atoms with van der Waals surface area (Å²) in [7, 11) is 0. The van der Waals surface area contributed by atoms with Crippen molar-refractivity contribution in [2.24, 2.45) is 0 Å². The van der Waals surface area contributed by atoms with Crippen molar-refractivity contribution >= 4 is 34.5 Å². The number of rotatable bonds is 6. The summed E-state index contributed by atoms with van der Waals surface area (Å²) in [6, 6.07) is 0. The zero-order valence-corrected chi connectivity index (χ0v) is 21.0. The van der Waals surface area contributed by atoms with Crippen LogP contribution in [0.3, 0.4) is 0 Å². The number of carbonyl (C=O) groups is 2. The number of hydrogen-bond donors (Lipinski definition) is 1. The second-order valence-electron chi connectivity index (χ2n) is 3.15. The minimum absolute atomic E-state index is 0. The molecule has 0 radical (unpaired) electrons. The van der Waals surface area contributed by atoms with Crippen molar-refractivity contribution in [2.75, 3.05) is 0 Å². The number of carbonyl (C=O) groups excluding carboxylic acids is 2. The minimum atomic E-state index is -0.395. The second kappa shape index (κ2) is 22.7. The molecular formula is C10H21ClIK2NO3. The molecule has 0 saturated heterocycles. The van der Waals surface area contributed by atoms with Crippen LogP contribution in [0.1, 0.15) is 47.4 Å². The Hall–Kier alpha value is 3.39. The van der Waals surface area contributed by atoms with E-state index in [0.29, 0.717) is 6.42 Å². The fraction of sp³-hybridized carbons (Fsp3) is 0.800. The van der Waals surface area contributed by atoms with E-state index in [9.17, 15) is 9.59 Å². The summed E-state index contributed by atoms with van der Waals surface area (Å²) in [5, 5.41) is 0. The minimum Gasteiger partial charge on any atom is -1.00 e. The fourth-order valence-electron chi connectivity index (χ4n) is 0.920. The van der Waals surface area contributed by atoms with Crippen LogP contribution in [0.25, 0.3) is 0 Å². The van der Waals surface area contributed by atoms with Gasteiger partial charge in [0, 0.05) is 6.42 Å². The van der Waals surface area contributed by atoms with Gasteiger partial charge in [-0.05, 0) is 12.8 Å². The van der Waals surface area contributed by atoms with Crippen LogP contribution in [-0.4, -0.2) is 15.9 Å². The Kier molecular flexibility index (Phi) is 41.7. The van der Waals surface area contributed by atoms with Crippen LogP contribution in [0.5, 0.6) is 0 Å². The van der Waals surface area contributed by atoms with Gasteiger partial charge in [0.15, 0.2) is 0 Å². The maximum atomic E-state index is 11.3. The van der Waals surface area contributed by atoms with Crippen LogP contribution in [-0.2, 0) is 14.3 Å². The number of unbranched alkanes of at least 4 members (excludes halogenated alkanes) is 1. The smallest absolute Gasteiger partial charge is 1.00 e. The molecule has 0 heterocycles. The number of halogens is 2. The molecular weight excluding hydrogens is 423 g/mol. The molecule has 0 aromatic heterocycles. The molecule has 0 bridgehead atoms. The molecule has 0 aromatic rings. The molecule has 3 N–H and O–H groups in total. The van der Waals surface area contributed by atoms with Gasteiger partial charge in [0.1, 0.15) is 3.92 Å². The molecule has 0 saturated carbocycles. The van der Waals surface area contributed by atoms with Gasteiger partial charge in [-0.3, -0.25) is 9.59 Å². The molecule has 1 unspecified atom stereocenters. The topological polar surface area (TPSA) is 78.4 Å². The summed E-state index contributed by atoms with van der Waals surface area (Å²) in [6.07, 6.45) is 3.75. The van der Waals surface area contributed by atoms with Crippen LogP contribution in [0.15, 0.2) is 0 Å². The summed E-state index contributed by atoms with van der Waals surface area (Å²) in [5.74, 6) is -0.789. The summed E-state index contributed by atoms with van der Waals surface area (Å²) in [5.41, 5.74) is 0. The molecule has 1 atom stereocenters. The van der Waals surface area contributed by atoms with Crippen LogP contribution >= 0.6 is 22.6 Å². The van der Waals surface area contributed by atoms with Crippen LogP contribution < -0.4 is 121 Å². The molecule has 0 aliphatic carbocycles. The Balaban J connectivity index is -0.0000000845. The van der Waals surface area contributed by atoms with Gasteiger partial charge in [-0.2, -0.15) is 0 Å². The van der Waals surface area contributed by atoms with Crippen molar-refractivity contribution in [3.05, 3.63) is 0 Å². The number of hydrogen-bond acceptors (Lipinski definition) is 4. The average molecular weight is 444 g/mol. The van der Waals surface area contributed by atoms with E-state index >= 15 is 0 Å². The first-order valence-electron chi connectivity index (χ1n) is 5.00. The van der Waals surface area contributed by atoms with E-state index in [4.69, 9.17) is 0 Å². The SMILES string of the molecule is CCCCC(=O)OC(=O)C(I)CCC.N.[Cl-].[H-].[K+].[K+]. The van der Waals surface area contributed by atoms with E-state index in [2.05, 4.69) is 4.74 Å². The standard InChI is InChI=1S/C10H17IO3.ClH.2K.H3N.H/c1-3-5-7-9(12)14-10(13)8(11)6-4-2;;;;;/h8H,3-7H2,1-2H3;1H;;;1H3;/q;;2*+1;;-1/p-1. The van der Waals surface area contributed by atoms with Gasteiger partial charge in [-0.15, -0.1) is 0 Å². The third-order valence-electron chi connectivity index (χ3n) is 1.75. The van der Waals surface area contributed by atoms with Gasteiger partial charge in [0.05, 0.1) is 0 Å². The second-order valence-corrected chi connectivity index (χ2v) is 4.66. The maximum absolute atomic E-state index is 11.3. The molecule has 100 valence electrons. The molecule has 0 aliphatic heterocycles. The first-order valence-corrected chi connectivity index (χ1v) is 6.25. The first-order chi connectivity index (χ1) is 6.61. The van der Waals surface area contributed by atoms with Crippen LogP contribution in [0.2, 0.25) is 0 Å². The van der Waals surface area contributed by atoms with Crippen molar-refractivity contribution in [1.82, 2.24) is 6.15 Å². The van der Waals surface area contributed by atoms with E-state index in [1.165, 1.54) is 0 Å². The molecule has 0 spiro atoms. The van der Waals surface area contributed by atoms with Crippen LogP contribution in [0.4, 0.5) is 0 Å². The zero-order chi connectivity index (χ0) is 11.0. The summed E-state index contributed by atoms with van der Waals surface area (Å²) in [6.45, 7) is 3.99. The summed E-state index contributed by atoms with van der Waals surface area (Å²) >= 11 is 2.01. The quantitative estimate of drug-likeness (QED) is 0.146. The van der Waals surface area contributed by atoms with Crippen molar-refractivity contribution in [2.45, 2.75) is 49.9 Å². The molecule has 4 nitrogen and oxygen atoms in total. The van der Waals surface area contributed by atoms with E-state index in [1.54, 1.807) is 0 Å². The van der Waals surface area contributed by atoms with E-state index in [-0.39, 0.29) is 127 Å². The number of esters is 2. The molecule has 0 aliphatic rings. The van der Waals surface area contributed by atoms with E-state index in [0.717, 1.165) is 25.7 Å². The van der Waals surface area contributed by atoms with Crippen molar-refractivity contribution < 1.29 is 131 Å². The van der Waals surface area contributed by atoms with Crippen LogP contribution in [0, 0.1) is 0 Å². The molecule has 0 aromatic carbocycles. The molecule has 8 heteroatoms. The van der Waals surface area contributed by atoms with Crippen molar-refractivity contribution in [1.29, 1.82) is 0 Å². The normalized spacial score (nSPS) is 9.50. The predicted octanol–water partition coefficient (Wildman–Crippen LogP) is -5.86. The zero-order valence-electron chi connectivity index (χ0n) is 12.8. The van der Waals surface area contributed by atoms with Gasteiger partial charge >= 0.3 is 115 Å². The van der Waals surface area contributed by atoms with Gasteiger partial charge in [-0.25, -0.2) is 0 Å². The monoisotopic (exact) mass is 443 g/mol. The number of ether oxygens (including phenoxy) is 1. The number of alkyl halides is 1. The molecule has 0 amide bonds. The van der Waals surface area contributed by atoms with E-state index < -0.39 is 11.9 Å². The van der Waals surface area contributed by atoms with Gasteiger partial charge in [0.2, 0.25) is 0 Å². The Morgan fingerprint density at radius 2 is 1.72 bits per heavy atom. The van der Waals surface area contributed by atoms with Gasteiger partial charge in [-0.1, -0.05) is 49.3 Å². The third-order valence-corrected chi connectivity index (χ3v) is 2.88. The Morgan fingerprint density at radius 1 is 1.22 bits per heavy atom. The molecule has 0 rings (SSSR count). The maximum Gasteiger partial charge on any atom is 1.00 e. The first kappa shape index (κ1) is 33.1. The predicted molar refractivity (Wildman–Crippen MR) is 69.5 cm³/mol. The largest absolute Gasteiger partial charge is 1.00 e. The Labute approximate surface area is 216 Å². The molecule has 0 fully saturated rings. The summed E-state index contributed by atoms with van der Waals surface area (Å²) in [4.78, 5) is 22.3. The van der Waals surface area contributed by atoms with Gasteiger partial charge in [0.25, 0.3) is 0 Å². The van der Waals surface area contributed by atoms with Crippen molar-refractivity contribution in [3.63, 3.8) is 0 Å². The Morgan fingerprint density at radius 3 is 2.11 bits per heavy atom.